The fraction of sp³-hybridized carbons (Fsp3) is 0.364. The molecule has 17 heavy (non-hydrogen) atoms. The average Bonchev–Trinajstić information content (AvgIpc) is 2.26. The molecule has 0 fully saturated rings. The molecular weight excluding hydrogens is 219 g/mol. The molecule has 3 N–H and O–H groups in total. The van der Waals surface area contributed by atoms with E-state index in [1.807, 2.05) is 18.7 Å². The monoisotopic (exact) mass is 234 g/mol. The summed E-state index contributed by atoms with van der Waals surface area (Å²) in [5.41, 5.74) is 1.95. The number of hydrogen-bond donors (Lipinski definition) is 3. The van der Waals surface area contributed by atoms with E-state index < -0.39 is 7.12 Å². The summed E-state index contributed by atoms with van der Waals surface area (Å²) in [6.07, 6.45) is 0. The molecule has 90 valence electrons. The highest BCUT2D eigenvalue weighted by Gasteiger charge is 2.25. The first-order valence-electron chi connectivity index (χ1n) is 5.55. The van der Waals surface area contributed by atoms with Gasteiger partial charge in [0.1, 0.15) is 0 Å². The normalized spacial score (nSPS) is 14.6. The van der Waals surface area contributed by atoms with Crippen molar-refractivity contribution in [2.24, 2.45) is 0 Å². The summed E-state index contributed by atoms with van der Waals surface area (Å²) in [6.45, 7) is 4.27. The van der Waals surface area contributed by atoms with E-state index in [0.717, 1.165) is 5.69 Å². The third-order valence-electron chi connectivity index (χ3n) is 2.84. The number of carbonyl (C=O) groups is 1. The van der Waals surface area contributed by atoms with Gasteiger partial charge in [-0.05, 0) is 31.4 Å². The molecule has 0 aromatic heterocycles. The Balaban J connectivity index is 2.46. The largest absolute Gasteiger partial charge is 0.488 e. The van der Waals surface area contributed by atoms with E-state index in [0.29, 0.717) is 11.2 Å². The molecule has 0 unspecified atom stereocenters. The summed E-state index contributed by atoms with van der Waals surface area (Å²) >= 11 is 0. The van der Waals surface area contributed by atoms with Gasteiger partial charge in [0.25, 0.3) is 0 Å². The zero-order valence-corrected chi connectivity index (χ0v) is 9.84. The molecule has 2 rings (SSSR count). The smallest absolute Gasteiger partial charge is 0.423 e. The lowest BCUT2D eigenvalue weighted by molar-refractivity contribution is -0.115. The highest BCUT2D eigenvalue weighted by molar-refractivity contribution is 6.58. The van der Waals surface area contributed by atoms with Crippen LogP contribution in [0.2, 0.25) is 0 Å². The predicted octanol–water partition coefficient (Wildman–Crippen LogP) is -0.467. The van der Waals surface area contributed by atoms with Crippen LogP contribution in [0.1, 0.15) is 13.8 Å². The zero-order chi connectivity index (χ0) is 12.6. The lowest BCUT2D eigenvalue weighted by Crippen LogP contribution is -2.43. The quantitative estimate of drug-likeness (QED) is 0.605. The van der Waals surface area contributed by atoms with Crippen LogP contribution in [0.4, 0.5) is 11.4 Å². The van der Waals surface area contributed by atoms with Crippen LogP contribution in [-0.2, 0) is 4.79 Å². The molecule has 6 heteroatoms. The number of anilines is 2. The molecule has 0 atom stereocenters. The maximum atomic E-state index is 11.5. The third kappa shape index (κ3) is 2.27. The minimum absolute atomic E-state index is 0.0523. The van der Waals surface area contributed by atoms with Crippen LogP contribution in [0.25, 0.3) is 0 Å². The van der Waals surface area contributed by atoms with Gasteiger partial charge in [0.05, 0.1) is 17.9 Å². The number of nitrogens with one attached hydrogen (secondary N) is 1. The van der Waals surface area contributed by atoms with Crippen molar-refractivity contribution in [3.05, 3.63) is 18.2 Å². The van der Waals surface area contributed by atoms with Gasteiger partial charge in [-0.3, -0.25) is 4.79 Å². The van der Waals surface area contributed by atoms with Crippen molar-refractivity contribution in [2.45, 2.75) is 19.9 Å². The summed E-state index contributed by atoms with van der Waals surface area (Å²) in [6, 6.07) is 5.15. The van der Waals surface area contributed by atoms with Crippen LogP contribution >= 0.6 is 0 Å². The maximum absolute atomic E-state index is 11.5. The summed E-state index contributed by atoms with van der Waals surface area (Å²) in [5.74, 6) is -0.0523. The molecule has 0 bridgehead atoms. The van der Waals surface area contributed by atoms with Crippen molar-refractivity contribution in [1.82, 2.24) is 0 Å². The Morgan fingerprint density at radius 2 is 2.12 bits per heavy atom. The number of amides is 1. The van der Waals surface area contributed by atoms with Crippen LogP contribution in [-0.4, -0.2) is 35.7 Å². The van der Waals surface area contributed by atoms with Gasteiger partial charge in [-0.1, -0.05) is 6.07 Å². The Morgan fingerprint density at radius 1 is 1.41 bits per heavy atom. The van der Waals surface area contributed by atoms with Gasteiger partial charge in [-0.25, -0.2) is 0 Å². The van der Waals surface area contributed by atoms with Crippen molar-refractivity contribution in [3.8, 4) is 0 Å². The third-order valence-corrected chi connectivity index (χ3v) is 2.84. The SMILES string of the molecule is CC(C)N1CC(=O)Nc2ccc(B(O)O)cc21. The Hall–Kier alpha value is -1.53. The molecule has 5 nitrogen and oxygen atoms in total. The summed E-state index contributed by atoms with van der Waals surface area (Å²) in [5, 5.41) is 21.1. The van der Waals surface area contributed by atoms with E-state index in [9.17, 15) is 4.79 Å². The van der Waals surface area contributed by atoms with Crippen molar-refractivity contribution >= 4 is 29.9 Å². The van der Waals surface area contributed by atoms with E-state index in [-0.39, 0.29) is 18.5 Å². The minimum Gasteiger partial charge on any atom is -0.423 e. The van der Waals surface area contributed by atoms with Crippen molar-refractivity contribution in [2.75, 3.05) is 16.8 Å². The Labute approximate surface area is 100 Å². The molecular formula is C11H15BN2O3. The predicted molar refractivity (Wildman–Crippen MR) is 67.4 cm³/mol. The van der Waals surface area contributed by atoms with E-state index >= 15 is 0 Å². The summed E-state index contributed by atoms with van der Waals surface area (Å²) < 4.78 is 0. The molecule has 1 aliphatic heterocycles. The van der Waals surface area contributed by atoms with Gasteiger partial charge in [-0.2, -0.15) is 0 Å². The van der Waals surface area contributed by atoms with Gasteiger partial charge in [0, 0.05) is 6.04 Å². The average molecular weight is 234 g/mol. The Kier molecular flexibility index (Phi) is 3.08. The standard InChI is InChI=1S/C11H15BN2O3/c1-7(2)14-6-11(15)13-9-4-3-8(12(16)17)5-10(9)14/h3-5,7,16-17H,6H2,1-2H3,(H,13,15). The first kappa shape index (κ1) is 11.9. The van der Waals surface area contributed by atoms with Crippen LogP contribution in [0.15, 0.2) is 18.2 Å². The second kappa shape index (κ2) is 4.39. The zero-order valence-electron chi connectivity index (χ0n) is 9.84. The second-order valence-corrected chi connectivity index (χ2v) is 4.42. The first-order chi connectivity index (χ1) is 7.99. The van der Waals surface area contributed by atoms with E-state index in [2.05, 4.69) is 5.32 Å². The Morgan fingerprint density at radius 3 is 2.71 bits per heavy atom. The number of hydrogen-bond acceptors (Lipinski definition) is 4. The molecule has 0 saturated carbocycles. The molecule has 1 aliphatic rings. The second-order valence-electron chi connectivity index (χ2n) is 4.42. The molecule has 1 aromatic carbocycles. The van der Waals surface area contributed by atoms with Crippen molar-refractivity contribution in [1.29, 1.82) is 0 Å². The topological polar surface area (TPSA) is 72.8 Å². The first-order valence-corrected chi connectivity index (χ1v) is 5.55. The fourth-order valence-corrected chi connectivity index (χ4v) is 1.94. The number of fused-ring (bicyclic) bond motifs is 1. The number of carbonyl (C=O) groups excluding carboxylic acids is 1. The fourth-order valence-electron chi connectivity index (χ4n) is 1.94. The van der Waals surface area contributed by atoms with Crippen LogP contribution in [0, 0.1) is 0 Å². The van der Waals surface area contributed by atoms with Crippen LogP contribution in [0.5, 0.6) is 0 Å². The van der Waals surface area contributed by atoms with Crippen molar-refractivity contribution in [3.63, 3.8) is 0 Å². The molecule has 0 spiro atoms. The summed E-state index contributed by atoms with van der Waals surface area (Å²) in [4.78, 5) is 13.4. The Bertz CT molecular complexity index is 448. The summed E-state index contributed by atoms with van der Waals surface area (Å²) in [7, 11) is -1.49. The lowest BCUT2D eigenvalue weighted by atomic mass is 9.79. The van der Waals surface area contributed by atoms with Gasteiger partial charge >= 0.3 is 7.12 Å². The molecule has 1 aromatic rings. The molecule has 0 saturated heterocycles. The minimum atomic E-state index is -1.49. The van der Waals surface area contributed by atoms with Crippen LogP contribution < -0.4 is 15.7 Å². The van der Waals surface area contributed by atoms with Crippen LogP contribution in [0.3, 0.4) is 0 Å². The van der Waals surface area contributed by atoms with E-state index in [4.69, 9.17) is 10.0 Å². The number of benzene rings is 1. The number of nitrogens with zero attached hydrogens (tertiary/aromatic N) is 1. The maximum Gasteiger partial charge on any atom is 0.488 e. The van der Waals surface area contributed by atoms with Gasteiger partial charge in [0.2, 0.25) is 5.91 Å². The highest BCUT2D eigenvalue weighted by Crippen LogP contribution is 2.29. The van der Waals surface area contributed by atoms with E-state index in [1.54, 1.807) is 18.2 Å². The molecule has 0 aliphatic carbocycles. The van der Waals surface area contributed by atoms with Crippen molar-refractivity contribution < 1.29 is 14.8 Å². The van der Waals surface area contributed by atoms with Gasteiger partial charge in [0.15, 0.2) is 0 Å². The molecule has 1 amide bonds. The van der Waals surface area contributed by atoms with Gasteiger partial charge in [-0.15, -0.1) is 0 Å². The highest BCUT2D eigenvalue weighted by atomic mass is 16.4. The number of rotatable bonds is 2. The lowest BCUT2D eigenvalue weighted by Gasteiger charge is -2.34. The van der Waals surface area contributed by atoms with E-state index in [1.165, 1.54) is 0 Å². The van der Waals surface area contributed by atoms with Gasteiger partial charge < -0.3 is 20.3 Å². The molecule has 0 radical (unpaired) electrons. The molecule has 1 heterocycles.